The van der Waals surface area contributed by atoms with Gasteiger partial charge in [0.05, 0.1) is 6.54 Å². The highest BCUT2D eigenvalue weighted by Crippen LogP contribution is 2.25. The summed E-state index contributed by atoms with van der Waals surface area (Å²) < 4.78 is 1.97. The first kappa shape index (κ1) is 13.5. The van der Waals surface area contributed by atoms with Gasteiger partial charge in [0.15, 0.2) is 5.17 Å². The van der Waals surface area contributed by atoms with E-state index in [0.717, 1.165) is 37.1 Å². The zero-order chi connectivity index (χ0) is 12.8. The summed E-state index contributed by atoms with van der Waals surface area (Å²) in [6.07, 6.45) is 6.16. The van der Waals surface area contributed by atoms with Gasteiger partial charge < -0.3 is 5.32 Å². The number of nitrogens with one attached hydrogen (secondary N) is 1. The minimum absolute atomic E-state index is 0.679. The Morgan fingerprint density at radius 2 is 2.44 bits per heavy atom. The highest BCUT2D eigenvalue weighted by Gasteiger charge is 2.19. The molecule has 2 heterocycles. The van der Waals surface area contributed by atoms with Crippen LogP contribution in [-0.2, 0) is 6.54 Å². The van der Waals surface area contributed by atoms with Crippen LogP contribution >= 0.6 is 11.8 Å². The van der Waals surface area contributed by atoms with Crippen molar-refractivity contribution in [2.24, 2.45) is 10.9 Å². The Bertz CT molecular complexity index is 372. The minimum Gasteiger partial charge on any atom is -0.365 e. The third-order valence-electron chi connectivity index (χ3n) is 2.85. The molecule has 1 atom stereocenters. The first-order valence-electron chi connectivity index (χ1n) is 6.66. The molecule has 0 aliphatic carbocycles. The number of rotatable bonds is 6. The lowest BCUT2D eigenvalue weighted by Gasteiger charge is -2.11. The van der Waals surface area contributed by atoms with Crippen molar-refractivity contribution >= 4 is 16.9 Å². The molecule has 1 aliphatic heterocycles. The first-order chi connectivity index (χ1) is 8.74. The number of nitrogens with zero attached hydrogens (tertiary/aromatic N) is 3. The fraction of sp³-hybridized carbons (Fsp3) is 0.692. The Labute approximate surface area is 113 Å². The molecule has 1 unspecified atom stereocenters. The molecule has 100 valence electrons. The molecule has 0 amide bonds. The van der Waals surface area contributed by atoms with E-state index in [2.05, 4.69) is 29.3 Å². The number of aryl methyl sites for hydroxylation is 1. The van der Waals surface area contributed by atoms with Crippen molar-refractivity contribution in [2.45, 2.75) is 38.5 Å². The quantitative estimate of drug-likeness (QED) is 0.804. The monoisotopic (exact) mass is 266 g/mol. The predicted octanol–water partition coefficient (Wildman–Crippen LogP) is 2.38. The van der Waals surface area contributed by atoms with Crippen molar-refractivity contribution in [3.8, 4) is 0 Å². The lowest BCUT2D eigenvalue weighted by atomic mass is 10.1. The molecule has 2 rings (SSSR count). The Morgan fingerprint density at radius 1 is 1.56 bits per heavy atom. The summed E-state index contributed by atoms with van der Waals surface area (Å²) >= 11 is 1.90. The van der Waals surface area contributed by atoms with Gasteiger partial charge in [0.2, 0.25) is 0 Å². The molecule has 0 spiro atoms. The van der Waals surface area contributed by atoms with E-state index in [1.165, 1.54) is 6.42 Å². The van der Waals surface area contributed by atoms with Crippen LogP contribution in [0, 0.1) is 5.92 Å². The zero-order valence-electron chi connectivity index (χ0n) is 11.2. The molecule has 0 saturated carbocycles. The third kappa shape index (κ3) is 4.37. The van der Waals surface area contributed by atoms with E-state index in [0.29, 0.717) is 5.25 Å². The fourth-order valence-corrected chi connectivity index (χ4v) is 3.31. The molecule has 0 fully saturated rings. The van der Waals surface area contributed by atoms with Gasteiger partial charge in [-0.25, -0.2) is 0 Å². The number of amidine groups is 1. The second kappa shape index (κ2) is 6.83. The Balaban J connectivity index is 1.58. The van der Waals surface area contributed by atoms with Crippen LogP contribution in [0.3, 0.4) is 0 Å². The second-order valence-electron chi connectivity index (χ2n) is 5.06. The maximum Gasteiger partial charge on any atom is 0.156 e. The van der Waals surface area contributed by atoms with Crippen LogP contribution in [0.25, 0.3) is 0 Å². The highest BCUT2D eigenvalue weighted by molar-refractivity contribution is 8.14. The molecule has 1 aliphatic rings. The van der Waals surface area contributed by atoms with Gasteiger partial charge in [-0.1, -0.05) is 25.6 Å². The lowest BCUT2D eigenvalue weighted by molar-refractivity contribution is 0.573. The maximum absolute atomic E-state index is 4.55. The van der Waals surface area contributed by atoms with E-state index < -0.39 is 0 Å². The predicted molar refractivity (Wildman–Crippen MR) is 78.0 cm³/mol. The molecule has 1 N–H and O–H groups in total. The maximum atomic E-state index is 4.55. The smallest absolute Gasteiger partial charge is 0.156 e. The Kier molecular flexibility index (Phi) is 5.11. The van der Waals surface area contributed by atoms with Crippen LogP contribution in [0.1, 0.15) is 26.7 Å². The highest BCUT2D eigenvalue weighted by atomic mass is 32.2. The summed E-state index contributed by atoms with van der Waals surface area (Å²) in [5.41, 5.74) is 0. The number of hydrogen-bond acceptors (Lipinski definition) is 4. The van der Waals surface area contributed by atoms with Crippen molar-refractivity contribution < 1.29 is 0 Å². The van der Waals surface area contributed by atoms with Crippen LogP contribution in [0.15, 0.2) is 23.5 Å². The molecular weight excluding hydrogens is 244 g/mol. The number of hydrogen-bond donors (Lipinski definition) is 1. The van der Waals surface area contributed by atoms with Crippen molar-refractivity contribution in [1.29, 1.82) is 0 Å². The molecule has 5 heteroatoms. The fourth-order valence-electron chi connectivity index (χ4n) is 2.03. The van der Waals surface area contributed by atoms with E-state index in [-0.39, 0.29) is 0 Å². The van der Waals surface area contributed by atoms with Gasteiger partial charge >= 0.3 is 0 Å². The van der Waals surface area contributed by atoms with Gasteiger partial charge in [-0.2, -0.15) is 5.10 Å². The SMILES string of the molecule is CC(C)CC1CN=C(NCCCn2cccn2)S1. The molecule has 0 saturated heterocycles. The van der Waals surface area contributed by atoms with Gasteiger partial charge in [0.1, 0.15) is 0 Å². The van der Waals surface area contributed by atoms with E-state index in [9.17, 15) is 0 Å². The van der Waals surface area contributed by atoms with Crippen molar-refractivity contribution in [2.75, 3.05) is 13.1 Å². The van der Waals surface area contributed by atoms with Crippen molar-refractivity contribution in [3.63, 3.8) is 0 Å². The van der Waals surface area contributed by atoms with Gasteiger partial charge in [0.25, 0.3) is 0 Å². The number of aromatic nitrogens is 2. The first-order valence-corrected chi connectivity index (χ1v) is 7.54. The van der Waals surface area contributed by atoms with Crippen LogP contribution in [0.2, 0.25) is 0 Å². The molecule has 1 aromatic rings. The van der Waals surface area contributed by atoms with Crippen LogP contribution in [0.5, 0.6) is 0 Å². The van der Waals surface area contributed by atoms with Gasteiger partial charge in [-0.3, -0.25) is 9.67 Å². The average Bonchev–Trinajstić information content (AvgIpc) is 2.95. The molecule has 0 radical (unpaired) electrons. The van der Waals surface area contributed by atoms with E-state index in [1.807, 2.05) is 34.9 Å². The average molecular weight is 266 g/mol. The van der Waals surface area contributed by atoms with Gasteiger partial charge in [-0.05, 0) is 24.8 Å². The third-order valence-corrected chi connectivity index (χ3v) is 4.02. The molecule has 1 aromatic heterocycles. The minimum atomic E-state index is 0.679. The largest absolute Gasteiger partial charge is 0.365 e. The molecule has 18 heavy (non-hydrogen) atoms. The zero-order valence-corrected chi connectivity index (χ0v) is 12.0. The molecule has 0 bridgehead atoms. The summed E-state index contributed by atoms with van der Waals surface area (Å²) in [6.45, 7) is 7.46. The van der Waals surface area contributed by atoms with E-state index >= 15 is 0 Å². The summed E-state index contributed by atoms with van der Waals surface area (Å²) in [7, 11) is 0. The van der Waals surface area contributed by atoms with Gasteiger partial charge in [-0.15, -0.1) is 0 Å². The van der Waals surface area contributed by atoms with Crippen LogP contribution in [0.4, 0.5) is 0 Å². The lowest BCUT2D eigenvalue weighted by Crippen LogP contribution is -2.22. The molecular formula is C13H22N4S. The number of thioether (sulfide) groups is 1. The Hall–Kier alpha value is -0.970. The van der Waals surface area contributed by atoms with E-state index in [1.54, 1.807) is 0 Å². The number of aliphatic imine (C=N–C) groups is 1. The summed E-state index contributed by atoms with van der Waals surface area (Å²) in [5, 5.41) is 9.41. The molecule has 4 nitrogen and oxygen atoms in total. The van der Waals surface area contributed by atoms with E-state index in [4.69, 9.17) is 0 Å². The van der Waals surface area contributed by atoms with Gasteiger partial charge in [0, 0.05) is 30.7 Å². The normalized spacial score (nSPS) is 19.3. The Morgan fingerprint density at radius 3 is 3.17 bits per heavy atom. The standard InChI is InChI=1S/C13H22N4S/c1-11(2)9-12-10-15-13(18-12)14-5-3-7-17-8-4-6-16-17/h4,6,8,11-12H,3,5,7,9-10H2,1-2H3,(H,14,15). The summed E-state index contributed by atoms with van der Waals surface area (Å²) in [6, 6.07) is 1.96. The van der Waals surface area contributed by atoms with Crippen LogP contribution < -0.4 is 5.32 Å². The van der Waals surface area contributed by atoms with Crippen molar-refractivity contribution in [1.82, 2.24) is 15.1 Å². The summed E-state index contributed by atoms with van der Waals surface area (Å²) in [5.74, 6) is 0.761. The van der Waals surface area contributed by atoms with Crippen molar-refractivity contribution in [3.05, 3.63) is 18.5 Å². The van der Waals surface area contributed by atoms with Crippen LogP contribution in [-0.4, -0.2) is 33.3 Å². The molecule has 0 aromatic carbocycles. The summed E-state index contributed by atoms with van der Waals surface area (Å²) in [4.78, 5) is 4.55. The second-order valence-corrected chi connectivity index (χ2v) is 6.35. The topological polar surface area (TPSA) is 42.2 Å².